The fourth-order valence-electron chi connectivity index (χ4n) is 3.48. The Bertz CT molecular complexity index is 264. The van der Waals surface area contributed by atoms with Gasteiger partial charge in [-0.15, -0.1) is 0 Å². The van der Waals surface area contributed by atoms with Gasteiger partial charge in [-0.2, -0.15) is 11.8 Å². The highest BCUT2D eigenvalue weighted by molar-refractivity contribution is 8.00. The van der Waals surface area contributed by atoms with Crippen molar-refractivity contribution in [3.8, 4) is 0 Å². The molecule has 2 unspecified atom stereocenters. The van der Waals surface area contributed by atoms with Crippen LogP contribution in [0.1, 0.15) is 27.2 Å². The van der Waals surface area contributed by atoms with Gasteiger partial charge in [0.2, 0.25) is 0 Å². The Balaban J connectivity index is 1.92. The number of piperazine rings is 1. The highest BCUT2D eigenvalue weighted by atomic mass is 32.2. The molecule has 3 nitrogen and oxygen atoms in total. The Labute approximate surface area is 116 Å². The van der Waals surface area contributed by atoms with Gasteiger partial charge in [-0.1, -0.05) is 20.8 Å². The van der Waals surface area contributed by atoms with Crippen molar-refractivity contribution in [2.45, 2.75) is 38.0 Å². The minimum Gasteiger partial charge on any atom is -0.329 e. The summed E-state index contributed by atoms with van der Waals surface area (Å²) in [4.78, 5) is 5.30. The van der Waals surface area contributed by atoms with Crippen molar-refractivity contribution in [1.82, 2.24) is 9.80 Å². The predicted molar refractivity (Wildman–Crippen MR) is 81.2 cm³/mol. The topological polar surface area (TPSA) is 32.5 Å². The van der Waals surface area contributed by atoms with E-state index in [0.29, 0.717) is 5.25 Å². The largest absolute Gasteiger partial charge is 0.329 e. The molecular weight excluding hydrogens is 242 g/mol. The number of nitrogens with two attached hydrogens (primary N) is 1. The third-order valence-corrected chi connectivity index (χ3v) is 6.02. The average Bonchev–Trinajstić information content (AvgIpc) is 2.72. The molecule has 0 spiro atoms. The Hall–Kier alpha value is 0.230. The van der Waals surface area contributed by atoms with Crippen LogP contribution in [0.15, 0.2) is 0 Å². The smallest absolute Gasteiger partial charge is 0.0456 e. The summed E-state index contributed by atoms with van der Waals surface area (Å²) in [5.41, 5.74) is 6.42. The van der Waals surface area contributed by atoms with Gasteiger partial charge in [0.15, 0.2) is 0 Å². The van der Waals surface area contributed by atoms with Crippen LogP contribution >= 0.6 is 11.8 Å². The van der Waals surface area contributed by atoms with Gasteiger partial charge in [0, 0.05) is 50.1 Å². The molecule has 2 aliphatic heterocycles. The molecule has 0 bridgehead atoms. The molecule has 2 fully saturated rings. The summed E-state index contributed by atoms with van der Waals surface area (Å²) in [6.45, 7) is 13.9. The minimum atomic E-state index is 0.286. The lowest BCUT2D eigenvalue weighted by Gasteiger charge is -2.47. The van der Waals surface area contributed by atoms with Crippen LogP contribution in [-0.2, 0) is 0 Å². The fraction of sp³-hybridized carbons (Fsp3) is 1.00. The maximum Gasteiger partial charge on any atom is 0.0456 e. The van der Waals surface area contributed by atoms with Crippen LogP contribution in [0.4, 0.5) is 0 Å². The monoisotopic (exact) mass is 271 g/mol. The van der Waals surface area contributed by atoms with E-state index in [-0.39, 0.29) is 5.54 Å². The van der Waals surface area contributed by atoms with Gasteiger partial charge in [-0.25, -0.2) is 0 Å². The first-order valence-corrected chi connectivity index (χ1v) is 8.42. The highest BCUT2D eigenvalue weighted by Gasteiger charge is 2.45. The van der Waals surface area contributed by atoms with Gasteiger partial charge >= 0.3 is 0 Å². The highest BCUT2D eigenvalue weighted by Crippen LogP contribution is 2.39. The van der Waals surface area contributed by atoms with Crippen molar-refractivity contribution < 1.29 is 0 Å². The molecule has 2 heterocycles. The van der Waals surface area contributed by atoms with E-state index in [1.165, 1.54) is 44.9 Å². The zero-order valence-corrected chi connectivity index (χ0v) is 13.0. The van der Waals surface area contributed by atoms with Crippen LogP contribution in [-0.4, -0.2) is 65.6 Å². The summed E-state index contributed by atoms with van der Waals surface area (Å²) >= 11 is 2.10. The number of rotatable bonds is 4. The molecule has 4 heteroatoms. The zero-order valence-electron chi connectivity index (χ0n) is 12.2. The lowest BCUT2D eigenvalue weighted by molar-refractivity contribution is 0.0351. The molecule has 0 amide bonds. The van der Waals surface area contributed by atoms with Crippen LogP contribution < -0.4 is 5.73 Å². The molecule has 18 heavy (non-hydrogen) atoms. The van der Waals surface area contributed by atoms with E-state index < -0.39 is 0 Å². The Morgan fingerprint density at radius 1 is 1.28 bits per heavy atom. The molecule has 0 aromatic rings. The summed E-state index contributed by atoms with van der Waals surface area (Å²) in [5.74, 6) is 2.06. The summed E-state index contributed by atoms with van der Waals surface area (Å²) in [6.07, 6.45) is 1.28. The van der Waals surface area contributed by atoms with Crippen LogP contribution in [0.2, 0.25) is 0 Å². The van der Waals surface area contributed by atoms with Gasteiger partial charge in [0.05, 0.1) is 0 Å². The van der Waals surface area contributed by atoms with Crippen molar-refractivity contribution in [1.29, 1.82) is 0 Å². The van der Waals surface area contributed by atoms with Crippen molar-refractivity contribution in [2.75, 3.05) is 45.0 Å². The van der Waals surface area contributed by atoms with Crippen molar-refractivity contribution in [3.63, 3.8) is 0 Å². The Morgan fingerprint density at radius 3 is 2.39 bits per heavy atom. The second kappa shape index (κ2) is 6.12. The van der Waals surface area contributed by atoms with Crippen LogP contribution in [0.25, 0.3) is 0 Å². The van der Waals surface area contributed by atoms with Gasteiger partial charge in [0.1, 0.15) is 0 Å². The first-order chi connectivity index (χ1) is 8.58. The number of thioether (sulfide) groups is 1. The van der Waals surface area contributed by atoms with Gasteiger partial charge in [-0.3, -0.25) is 4.90 Å². The minimum absolute atomic E-state index is 0.286. The molecule has 2 aliphatic rings. The first-order valence-electron chi connectivity index (χ1n) is 7.37. The molecule has 2 N–H and O–H groups in total. The SMILES string of the molecule is CC(C)CN1CCN(C2(CN)CCSC2C)CC1. The Kier molecular flexibility index (Phi) is 4.98. The maximum absolute atomic E-state index is 6.14. The number of nitrogens with zero attached hydrogens (tertiary/aromatic N) is 2. The summed E-state index contributed by atoms with van der Waals surface area (Å²) in [6, 6.07) is 0. The molecule has 0 radical (unpaired) electrons. The summed E-state index contributed by atoms with van der Waals surface area (Å²) in [5, 5.41) is 0.694. The van der Waals surface area contributed by atoms with E-state index in [9.17, 15) is 0 Å². The second-order valence-electron chi connectivity index (χ2n) is 6.25. The maximum atomic E-state index is 6.14. The standard InChI is InChI=1S/C14H29N3S/c1-12(2)10-16-5-7-17(8-6-16)14(11-15)4-9-18-13(14)3/h12-13H,4-11,15H2,1-3H3. The number of hydrogen-bond acceptors (Lipinski definition) is 4. The van der Waals surface area contributed by atoms with Crippen LogP contribution in [0, 0.1) is 5.92 Å². The zero-order chi connectivity index (χ0) is 13.2. The molecule has 0 aromatic heterocycles. The van der Waals surface area contributed by atoms with Crippen LogP contribution in [0.5, 0.6) is 0 Å². The lowest BCUT2D eigenvalue weighted by Crippen LogP contribution is -2.62. The third-order valence-electron chi connectivity index (χ3n) is 4.64. The van der Waals surface area contributed by atoms with Gasteiger partial charge < -0.3 is 10.6 Å². The predicted octanol–water partition coefficient (Wildman–Crippen LogP) is 1.48. The molecule has 106 valence electrons. The van der Waals surface area contributed by atoms with E-state index >= 15 is 0 Å². The fourth-order valence-corrected chi connectivity index (χ4v) is 4.97. The van der Waals surface area contributed by atoms with Crippen LogP contribution in [0.3, 0.4) is 0 Å². The molecular formula is C14H29N3S. The second-order valence-corrected chi connectivity index (χ2v) is 7.70. The third kappa shape index (κ3) is 2.87. The van der Waals surface area contributed by atoms with E-state index in [2.05, 4.69) is 42.3 Å². The van der Waals surface area contributed by atoms with E-state index in [1.54, 1.807) is 0 Å². The number of hydrogen-bond donors (Lipinski definition) is 1. The van der Waals surface area contributed by atoms with E-state index in [1.807, 2.05) is 0 Å². The summed E-state index contributed by atoms with van der Waals surface area (Å²) < 4.78 is 0. The summed E-state index contributed by atoms with van der Waals surface area (Å²) in [7, 11) is 0. The normalized spacial score (nSPS) is 35.5. The molecule has 2 atom stereocenters. The Morgan fingerprint density at radius 2 is 1.94 bits per heavy atom. The van der Waals surface area contributed by atoms with Crippen molar-refractivity contribution >= 4 is 11.8 Å². The van der Waals surface area contributed by atoms with E-state index in [4.69, 9.17) is 5.73 Å². The first kappa shape index (κ1) is 14.6. The quantitative estimate of drug-likeness (QED) is 0.839. The lowest BCUT2D eigenvalue weighted by atomic mass is 9.89. The molecule has 2 saturated heterocycles. The molecule has 2 rings (SSSR count). The van der Waals surface area contributed by atoms with E-state index in [0.717, 1.165) is 12.5 Å². The van der Waals surface area contributed by atoms with Gasteiger partial charge in [-0.05, 0) is 18.1 Å². The molecule has 0 saturated carbocycles. The van der Waals surface area contributed by atoms with Crippen molar-refractivity contribution in [2.24, 2.45) is 11.7 Å². The van der Waals surface area contributed by atoms with Crippen molar-refractivity contribution in [3.05, 3.63) is 0 Å². The average molecular weight is 271 g/mol. The van der Waals surface area contributed by atoms with Gasteiger partial charge in [0.25, 0.3) is 0 Å². The molecule has 0 aliphatic carbocycles. The molecule has 0 aromatic carbocycles.